The first-order valence-electron chi connectivity index (χ1n) is 10.2. The minimum absolute atomic E-state index is 0.0732. The zero-order valence-electron chi connectivity index (χ0n) is 17.9. The molecule has 1 N–H and O–H groups in total. The van der Waals surface area contributed by atoms with E-state index in [2.05, 4.69) is 9.97 Å². The standard InChI is InChI=1S/C23H26ClFN4O2/c1-4-15(2)29(13-21-26-20-11-6-5-8-16(20)23(31)27-21)14-22(30)28(3)12-17-18(24)9-7-10-19(17)25/h5-11,15H,4,12-14H2,1-3H3,(H,26,27,31). The van der Waals surface area contributed by atoms with Crippen LogP contribution >= 0.6 is 11.6 Å². The summed E-state index contributed by atoms with van der Waals surface area (Å²) in [5.41, 5.74) is 0.695. The van der Waals surface area contributed by atoms with Crippen molar-refractivity contribution in [2.75, 3.05) is 13.6 Å². The molecule has 3 rings (SSSR count). The number of para-hydroxylation sites is 1. The van der Waals surface area contributed by atoms with Crippen LogP contribution in [0.2, 0.25) is 5.02 Å². The number of carbonyl (C=O) groups is 1. The van der Waals surface area contributed by atoms with E-state index in [1.54, 1.807) is 31.3 Å². The predicted molar refractivity (Wildman–Crippen MR) is 120 cm³/mol. The molecule has 1 atom stereocenters. The van der Waals surface area contributed by atoms with Crippen LogP contribution in [-0.2, 0) is 17.9 Å². The van der Waals surface area contributed by atoms with Gasteiger partial charge in [0.25, 0.3) is 5.56 Å². The molecule has 164 valence electrons. The first kappa shape index (κ1) is 22.9. The smallest absolute Gasteiger partial charge is 0.258 e. The first-order valence-corrected chi connectivity index (χ1v) is 10.6. The number of carbonyl (C=O) groups excluding carboxylic acids is 1. The monoisotopic (exact) mass is 444 g/mol. The molecule has 0 bridgehead atoms. The van der Waals surface area contributed by atoms with Gasteiger partial charge in [-0.1, -0.05) is 36.7 Å². The van der Waals surface area contributed by atoms with Gasteiger partial charge in [-0.2, -0.15) is 0 Å². The summed E-state index contributed by atoms with van der Waals surface area (Å²) >= 11 is 6.10. The molecule has 0 aliphatic rings. The minimum Gasteiger partial charge on any atom is -0.340 e. The van der Waals surface area contributed by atoms with Crippen LogP contribution in [0, 0.1) is 5.82 Å². The van der Waals surface area contributed by atoms with Gasteiger partial charge in [-0.3, -0.25) is 14.5 Å². The lowest BCUT2D eigenvalue weighted by atomic mass is 10.2. The van der Waals surface area contributed by atoms with Crippen molar-refractivity contribution >= 4 is 28.4 Å². The fraction of sp³-hybridized carbons (Fsp3) is 0.348. The van der Waals surface area contributed by atoms with Crippen molar-refractivity contribution in [3.63, 3.8) is 0 Å². The highest BCUT2D eigenvalue weighted by molar-refractivity contribution is 6.31. The van der Waals surface area contributed by atoms with E-state index >= 15 is 0 Å². The molecule has 31 heavy (non-hydrogen) atoms. The van der Waals surface area contributed by atoms with E-state index in [0.717, 1.165) is 6.42 Å². The summed E-state index contributed by atoms with van der Waals surface area (Å²) in [5, 5.41) is 0.815. The number of hydrogen-bond donors (Lipinski definition) is 1. The molecular weight excluding hydrogens is 419 g/mol. The average Bonchev–Trinajstić information content (AvgIpc) is 2.75. The number of nitrogens with zero attached hydrogens (tertiary/aromatic N) is 3. The molecule has 1 unspecified atom stereocenters. The zero-order valence-corrected chi connectivity index (χ0v) is 18.6. The molecule has 0 fully saturated rings. The topological polar surface area (TPSA) is 69.3 Å². The Hall–Kier alpha value is -2.77. The number of fused-ring (bicyclic) bond motifs is 1. The maximum atomic E-state index is 14.1. The molecule has 0 radical (unpaired) electrons. The lowest BCUT2D eigenvalue weighted by Crippen LogP contribution is -2.42. The van der Waals surface area contributed by atoms with Gasteiger partial charge in [-0.05, 0) is 37.6 Å². The van der Waals surface area contributed by atoms with Crippen molar-refractivity contribution in [3.8, 4) is 0 Å². The van der Waals surface area contributed by atoms with Crippen molar-refractivity contribution < 1.29 is 9.18 Å². The lowest BCUT2D eigenvalue weighted by molar-refractivity contribution is -0.132. The third-order valence-corrected chi connectivity index (χ3v) is 5.80. The molecule has 0 saturated carbocycles. The molecule has 1 heterocycles. The van der Waals surface area contributed by atoms with E-state index in [-0.39, 0.29) is 41.2 Å². The molecule has 0 aliphatic heterocycles. The molecule has 6 nitrogen and oxygen atoms in total. The van der Waals surface area contributed by atoms with Crippen LogP contribution in [0.15, 0.2) is 47.3 Å². The fourth-order valence-corrected chi connectivity index (χ4v) is 3.55. The molecule has 1 aromatic heterocycles. The van der Waals surface area contributed by atoms with Gasteiger partial charge in [-0.15, -0.1) is 0 Å². The van der Waals surface area contributed by atoms with E-state index in [4.69, 9.17) is 11.6 Å². The number of likely N-dealkylation sites (N-methyl/N-ethyl adjacent to an activating group) is 1. The Balaban J connectivity index is 1.77. The highest BCUT2D eigenvalue weighted by Crippen LogP contribution is 2.20. The van der Waals surface area contributed by atoms with Crippen LogP contribution in [0.25, 0.3) is 10.9 Å². The van der Waals surface area contributed by atoms with Crippen molar-refractivity contribution in [3.05, 3.63) is 75.0 Å². The number of H-pyrrole nitrogens is 1. The Morgan fingerprint density at radius 2 is 1.94 bits per heavy atom. The summed E-state index contributed by atoms with van der Waals surface area (Å²) in [6, 6.07) is 11.7. The van der Waals surface area contributed by atoms with Gasteiger partial charge in [0.2, 0.25) is 5.91 Å². The SMILES string of the molecule is CCC(C)N(CC(=O)N(C)Cc1c(F)cccc1Cl)Cc1nc2ccccc2c(=O)[nH]1. The van der Waals surface area contributed by atoms with Crippen molar-refractivity contribution in [1.82, 2.24) is 19.8 Å². The van der Waals surface area contributed by atoms with Crippen molar-refractivity contribution in [2.24, 2.45) is 0 Å². The van der Waals surface area contributed by atoms with Crippen LogP contribution < -0.4 is 5.56 Å². The summed E-state index contributed by atoms with van der Waals surface area (Å²) in [7, 11) is 1.62. The second kappa shape index (κ2) is 10.0. The summed E-state index contributed by atoms with van der Waals surface area (Å²) < 4.78 is 14.1. The zero-order chi connectivity index (χ0) is 22.5. The molecule has 0 aliphatic carbocycles. The highest BCUT2D eigenvalue weighted by atomic mass is 35.5. The molecule has 3 aromatic rings. The van der Waals surface area contributed by atoms with E-state index in [9.17, 15) is 14.0 Å². The molecular formula is C23H26ClFN4O2. The lowest BCUT2D eigenvalue weighted by Gasteiger charge is -2.29. The fourth-order valence-electron chi connectivity index (χ4n) is 3.33. The number of rotatable bonds is 8. The van der Waals surface area contributed by atoms with E-state index in [0.29, 0.717) is 23.3 Å². The van der Waals surface area contributed by atoms with Crippen LogP contribution in [0.3, 0.4) is 0 Å². The number of hydrogen-bond acceptors (Lipinski definition) is 4. The Morgan fingerprint density at radius 1 is 1.19 bits per heavy atom. The maximum Gasteiger partial charge on any atom is 0.258 e. The Labute approximate surface area is 185 Å². The van der Waals surface area contributed by atoms with Crippen LogP contribution in [-0.4, -0.2) is 45.3 Å². The number of benzene rings is 2. The van der Waals surface area contributed by atoms with Crippen LogP contribution in [0.1, 0.15) is 31.7 Å². The van der Waals surface area contributed by atoms with E-state index in [1.165, 1.54) is 17.0 Å². The minimum atomic E-state index is -0.441. The number of aromatic nitrogens is 2. The number of aromatic amines is 1. The Morgan fingerprint density at radius 3 is 2.65 bits per heavy atom. The molecule has 1 amide bonds. The maximum absolute atomic E-state index is 14.1. The Kier molecular flexibility index (Phi) is 7.41. The summed E-state index contributed by atoms with van der Waals surface area (Å²) in [5.74, 6) is -0.122. The van der Waals surface area contributed by atoms with E-state index < -0.39 is 5.82 Å². The third kappa shape index (κ3) is 5.48. The number of halogens is 2. The van der Waals surface area contributed by atoms with Gasteiger partial charge in [-0.25, -0.2) is 9.37 Å². The van der Waals surface area contributed by atoms with Crippen LogP contribution in [0.5, 0.6) is 0 Å². The predicted octanol–water partition coefficient (Wildman–Crippen LogP) is 3.97. The summed E-state index contributed by atoms with van der Waals surface area (Å²) in [4.78, 5) is 36.0. The van der Waals surface area contributed by atoms with Gasteiger partial charge in [0.15, 0.2) is 0 Å². The summed E-state index contributed by atoms with van der Waals surface area (Å²) in [6.07, 6.45) is 0.813. The second-order valence-electron chi connectivity index (χ2n) is 7.64. The van der Waals surface area contributed by atoms with Gasteiger partial charge in [0.1, 0.15) is 11.6 Å². The number of nitrogens with one attached hydrogen (secondary N) is 1. The largest absolute Gasteiger partial charge is 0.340 e. The van der Waals surface area contributed by atoms with Gasteiger partial charge < -0.3 is 9.88 Å². The highest BCUT2D eigenvalue weighted by Gasteiger charge is 2.21. The molecule has 8 heteroatoms. The van der Waals surface area contributed by atoms with Gasteiger partial charge in [0.05, 0.1) is 24.0 Å². The quantitative estimate of drug-likeness (QED) is 0.570. The number of amides is 1. The molecule has 2 aromatic carbocycles. The third-order valence-electron chi connectivity index (χ3n) is 5.45. The molecule has 0 spiro atoms. The summed E-state index contributed by atoms with van der Waals surface area (Å²) in [6.45, 7) is 4.54. The van der Waals surface area contributed by atoms with Gasteiger partial charge >= 0.3 is 0 Å². The van der Waals surface area contributed by atoms with Crippen molar-refractivity contribution in [2.45, 2.75) is 39.4 Å². The molecule has 0 saturated heterocycles. The first-order chi connectivity index (χ1) is 14.8. The van der Waals surface area contributed by atoms with Crippen molar-refractivity contribution in [1.29, 1.82) is 0 Å². The normalized spacial score (nSPS) is 12.3. The Bertz CT molecular complexity index is 1110. The van der Waals surface area contributed by atoms with E-state index in [1.807, 2.05) is 24.8 Å². The van der Waals surface area contributed by atoms with Crippen LogP contribution in [0.4, 0.5) is 4.39 Å². The van der Waals surface area contributed by atoms with Gasteiger partial charge in [0, 0.05) is 30.2 Å². The average molecular weight is 445 g/mol. The second-order valence-corrected chi connectivity index (χ2v) is 8.05.